The minimum absolute atomic E-state index is 0.00784. The van der Waals surface area contributed by atoms with Crippen LogP contribution < -0.4 is 14.4 Å². The summed E-state index contributed by atoms with van der Waals surface area (Å²) in [5.74, 6) is 0.244. The molecule has 6 nitrogen and oxygen atoms in total. The second-order valence-electron chi connectivity index (χ2n) is 7.17. The van der Waals surface area contributed by atoms with Gasteiger partial charge in [-0.1, -0.05) is 6.07 Å². The van der Waals surface area contributed by atoms with E-state index in [2.05, 4.69) is 9.64 Å². The molecule has 10 heteroatoms. The standard InChI is InChI=1S/C21H25F3N2O4S/c1-25-9-11-26(12-10-25)19-15-18(6-7-20(19)29-13-3-8-22)31(27,28)17-5-2-4-16(14-17)30-21(23)24/h2,4-7,14-15,21H,3,8-13H2,1H3. The van der Waals surface area contributed by atoms with Crippen molar-refractivity contribution in [2.45, 2.75) is 22.8 Å². The summed E-state index contributed by atoms with van der Waals surface area (Å²) < 4.78 is 73.9. The van der Waals surface area contributed by atoms with Crippen LogP contribution in [0.2, 0.25) is 0 Å². The molecule has 0 amide bonds. The van der Waals surface area contributed by atoms with E-state index in [4.69, 9.17) is 4.74 Å². The lowest BCUT2D eigenvalue weighted by Crippen LogP contribution is -2.44. The van der Waals surface area contributed by atoms with Crippen LogP contribution in [0.15, 0.2) is 52.3 Å². The minimum atomic E-state index is -3.99. The predicted octanol–water partition coefficient (Wildman–Crippen LogP) is 3.61. The number of benzene rings is 2. The summed E-state index contributed by atoms with van der Waals surface area (Å²) in [4.78, 5) is 4.05. The minimum Gasteiger partial charge on any atom is -0.491 e. The molecule has 0 N–H and O–H groups in total. The Balaban J connectivity index is 1.95. The average molecular weight is 459 g/mol. The van der Waals surface area contributed by atoms with E-state index < -0.39 is 23.1 Å². The number of hydrogen-bond donors (Lipinski definition) is 0. The molecule has 31 heavy (non-hydrogen) atoms. The van der Waals surface area contributed by atoms with Crippen molar-refractivity contribution in [2.24, 2.45) is 0 Å². The van der Waals surface area contributed by atoms with Crippen LogP contribution in [0.1, 0.15) is 6.42 Å². The molecule has 0 radical (unpaired) electrons. The third-order valence-corrected chi connectivity index (χ3v) is 6.71. The Kier molecular flexibility index (Phi) is 7.66. The number of rotatable bonds is 9. The van der Waals surface area contributed by atoms with Gasteiger partial charge in [0.2, 0.25) is 9.84 Å². The number of ether oxygens (including phenoxy) is 2. The number of halogens is 3. The first kappa shape index (κ1) is 23.2. The van der Waals surface area contributed by atoms with Crippen molar-refractivity contribution in [1.29, 1.82) is 0 Å². The summed E-state index contributed by atoms with van der Waals surface area (Å²) in [5.41, 5.74) is 0.605. The zero-order valence-electron chi connectivity index (χ0n) is 17.1. The van der Waals surface area contributed by atoms with E-state index in [1.54, 1.807) is 6.07 Å². The van der Waals surface area contributed by atoms with Crippen LogP contribution in [0.4, 0.5) is 18.9 Å². The van der Waals surface area contributed by atoms with Gasteiger partial charge in [-0.2, -0.15) is 8.78 Å². The molecule has 0 spiro atoms. The number of anilines is 1. The monoisotopic (exact) mass is 458 g/mol. The van der Waals surface area contributed by atoms with Crippen molar-refractivity contribution in [1.82, 2.24) is 4.90 Å². The van der Waals surface area contributed by atoms with E-state index in [0.29, 0.717) is 24.5 Å². The molecule has 0 atom stereocenters. The average Bonchev–Trinajstić information content (AvgIpc) is 2.74. The second kappa shape index (κ2) is 10.2. The maximum Gasteiger partial charge on any atom is 0.387 e. The van der Waals surface area contributed by atoms with Crippen molar-refractivity contribution in [2.75, 3.05) is 51.4 Å². The van der Waals surface area contributed by atoms with Gasteiger partial charge in [-0.05, 0) is 43.4 Å². The van der Waals surface area contributed by atoms with E-state index in [1.165, 1.54) is 30.3 Å². The van der Waals surface area contributed by atoms with E-state index in [0.717, 1.165) is 19.2 Å². The van der Waals surface area contributed by atoms with Crippen LogP contribution in [0.3, 0.4) is 0 Å². The van der Waals surface area contributed by atoms with Crippen LogP contribution in [0, 0.1) is 0 Å². The number of piperazine rings is 1. The highest BCUT2D eigenvalue weighted by Gasteiger charge is 2.24. The normalized spacial score (nSPS) is 15.3. The Hall–Kier alpha value is -2.46. The van der Waals surface area contributed by atoms with Gasteiger partial charge in [-0.25, -0.2) is 8.42 Å². The Bertz CT molecular complexity index is 980. The predicted molar refractivity (Wildman–Crippen MR) is 111 cm³/mol. The first-order chi connectivity index (χ1) is 14.8. The quantitative estimate of drug-likeness (QED) is 0.535. The van der Waals surface area contributed by atoms with Gasteiger partial charge < -0.3 is 19.3 Å². The Morgan fingerprint density at radius 3 is 2.42 bits per heavy atom. The van der Waals surface area contributed by atoms with E-state index in [-0.39, 0.29) is 28.6 Å². The van der Waals surface area contributed by atoms with Crippen molar-refractivity contribution in [3.63, 3.8) is 0 Å². The molecule has 1 aliphatic rings. The van der Waals surface area contributed by atoms with Crippen LogP contribution >= 0.6 is 0 Å². The number of nitrogens with zero attached hydrogens (tertiary/aromatic N) is 2. The van der Waals surface area contributed by atoms with Gasteiger partial charge in [0.15, 0.2) is 0 Å². The SMILES string of the molecule is CN1CCN(c2cc(S(=O)(=O)c3cccc(OC(F)F)c3)ccc2OCCCF)CC1. The number of likely N-dealkylation sites (N-methyl/N-ethyl adjacent to an activating group) is 1. The Morgan fingerprint density at radius 1 is 1.03 bits per heavy atom. The van der Waals surface area contributed by atoms with Crippen molar-refractivity contribution in [3.05, 3.63) is 42.5 Å². The summed E-state index contributed by atoms with van der Waals surface area (Å²) in [5, 5.41) is 0. The lowest BCUT2D eigenvalue weighted by atomic mass is 10.2. The summed E-state index contributed by atoms with van der Waals surface area (Å²) in [7, 11) is -1.98. The number of sulfone groups is 1. The van der Waals surface area contributed by atoms with Gasteiger partial charge in [0.25, 0.3) is 0 Å². The Labute approximate surface area is 180 Å². The van der Waals surface area contributed by atoms with E-state index >= 15 is 0 Å². The van der Waals surface area contributed by atoms with E-state index in [9.17, 15) is 21.6 Å². The first-order valence-electron chi connectivity index (χ1n) is 9.87. The van der Waals surface area contributed by atoms with Gasteiger partial charge in [-0.15, -0.1) is 0 Å². The summed E-state index contributed by atoms with van der Waals surface area (Å²) in [6.45, 7) is -0.428. The van der Waals surface area contributed by atoms with Gasteiger partial charge in [0.05, 0.1) is 28.8 Å². The van der Waals surface area contributed by atoms with Gasteiger partial charge in [0, 0.05) is 32.6 Å². The summed E-state index contributed by atoms with van der Waals surface area (Å²) in [6, 6.07) is 9.49. The first-order valence-corrected chi connectivity index (χ1v) is 11.4. The van der Waals surface area contributed by atoms with Crippen molar-refractivity contribution in [3.8, 4) is 11.5 Å². The van der Waals surface area contributed by atoms with Crippen LogP contribution in [-0.2, 0) is 9.84 Å². The topological polar surface area (TPSA) is 59.1 Å². The zero-order chi connectivity index (χ0) is 22.4. The van der Waals surface area contributed by atoms with Crippen LogP contribution in [0.25, 0.3) is 0 Å². The highest BCUT2D eigenvalue weighted by atomic mass is 32.2. The molecule has 2 aromatic carbocycles. The summed E-state index contributed by atoms with van der Waals surface area (Å²) >= 11 is 0. The fourth-order valence-electron chi connectivity index (χ4n) is 3.27. The molecule has 1 fully saturated rings. The second-order valence-corrected chi connectivity index (χ2v) is 9.12. The third kappa shape index (κ3) is 5.82. The van der Waals surface area contributed by atoms with Crippen molar-refractivity contribution >= 4 is 15.5 Å². The smallest absolute Gasteiger partial charge is 0.387 e. The molecule has 0 unspecified atom stereocenters. The lowest BCUT2D eigenvalue weighted by molar-refractivity contribution is -0.0499. The molecular formula is C21H25F3N2O4S. The molecule has 1 saturated heterocycles. The maximum absolute atomic E-state index is 13.2. The van der Waals surface area contributed by atoms with Crippen LogP contribution in [0.5, 0.6) is 11.5 Å². The fourth-order valence-corrected chi connectivity index (χ4v) is 4.59. The molecule has 0 bridgehead atoms. The molecule has 0 saturated carbocycles. The van der Waals surface area contributed by atoms with E-state index in [1.807, 2.05) is 11.9 Å². The number of alkyl halides is 3. The third-order valence-electron chi connectivity index (χ3n) is 4.96. The lowest BCUT2D eigenvalue weighted by Gasteiger charge is -2.35. The fraction of sp³-hybridized carbons (Fsp3) is 0.429. The molecule has 0 aromatic heterocycles. The summed E-state index contributed by atoms with van der Waals surface area (Å²) in [6.07, 6.45) is 0.235. The van der Waals surface area contributed by atoms with Gasteiger partial charge >= 0.3 is 6.61 Å². The largest absolute Gasteiger partial charge is 0.491 e. The van der Waals surface area contributed by atoms with Gasteiger partial charge in [-0.3, -0.25) is 4.39 Å². The molecule has 170 valence electrons. The van der Waals surface area contributed by atoms with Crippen molar-refractivity contribution < 1.29 is 31.1 Å². The Morgan fingerprint density at radius 2 is 1.74 bits per heavy atom. The highest BCUT2D eigenvalue weighted by molar-refractivity contribution is 7.91. The zero-order valence-corrected chi connectivity index (χ0v) is 18.0. The molecular weight excluding hydrogens is 433 g/mol. The maximum atomic E-state index is 13.2. The van der Waals surface area contributed by atoms with Crippen LogP contribution in [-0.4, -0.2) is 66.4 Å². The van der Waals surface area contributed by atoms with Gasteiger partial charge in [0.1, 0.15) is 11.5 Å². The molecule has 2 aromatic rings. The highest BCUT2D eigenvalue weighted by Crippen LogP contribution is 2.34. The molecule has 0 aliphatic carbocycles. The number of hydrogen-bond acceptors (Lipinski definition) is 6. The molecule has 1 aliphatic heterocycles. The molecule has 1 heterocycles. The molecule has 3 rings (SSSR count).